The predicted octanol–water partition coefficient (Wildman–Crippen LogP) is 1.35. The van der Waals surface area contributed by atoms with Crippen LogP contribution in [0.25, 0.3) is 0 Å². The molecule has 3 heterocycles. The van der Waals surface area contributed by atoms with Gasteiger partial charge in [-0.25, -0.2) is 8.42 Å². The van der Waals surface area contributed by atoms with E-state index < -0.39 is 14.6 Å². The Bertz CT molecular complexity index is 794. The zero-order chi connectivity index (χ0) is 19.1. The summed E-state index contributed by atoms with van der Waals surface area (Å²) < 4.78 is 30.0. The van der Waals surface area contributed by atoms with Crippen LogP contribution in [-0.2, 0) is 21.1 Å². The lowest BCUT2D eigenvalue weighted by atomic mass is 9.82. The van der Waals surface area contributed by atoms with Crippen molar-refractivity contribution in [3.8, 4) is 5.75 Å². The summed E-state index contributed by atoms with van der Waals surface area (Å²) >= 11 is 0. The number of carbonyl (C=O) groups excluding carboxylic acids is 1. The minimum Gasteiger partial charge on any atom is -0.497 e. The van der Waals surface area contributed by atoms with E-state index in [1.165, 1.54) is 12.8 Å². The molecule has 1 aromatic rings. The van der Waals surface area contributed by atoms with Crippen LogP contribution in [0.2, 0.25) is 0 Å². The molecule has 6 nitrogen and oxygen atoms in total. The number of carbonyl (C=O) groups is 1. The molecule has 3 aliphatic heterocycles. The van der Waals surface area contributed by atoms with Gasteiger partial charge in [-0.2, -0.15) is 0 Å². The van der Waals surface area contributed by atoms with E-state index in [9.17, 15) is 13.2 Å². The highest BCUT2D eigenvalue weighted by Crippen LogP contribution is 2.45. The molecule has 1 unspecified atom stereocenters. The fourth-order valence-corrected chi connectivity index (χ4v) is 7.22. The van der Waals surface area contributed by atoms with Crippen LogP contribution >= 0.6 is 0 Å². The van der Waals surface area contributed by atoms with Gasteiger partial charge >= 0.3 is 0 Å². The van der Waals surface area contributed by atoms with E-state index in [0.29, 0.717) is 19.5 Å². The fraction of sp³-hybridized carbons (Fsp3) is 0.650. The van der Waals surface area contributed by atoms with Crippen molar-refractivity contribution in [1.29, 1.82) is 0 Å². The zero-order valence-electron chi connectivity index (χ0n) is 15.9. The van der Waals surface area contributed by atoms with Crippen molar-refractivity contribution in [1.82, 2.24) is 9.80 Å². The molecule has 3 aliphatic rings. The highest BCUT2D eigenvalue weighted by atomic mass is 32.2. The first-order valence-corrected chi connectivity index (χ1v) is 11.4. The number of likely N-dealkylation sites (tertiary alicyclic amines) is 2. The molecule has 3 saturated heterocycles. The molecule has 0 aromatic heterocycles. The molecule has 0 aliphatic carbocycles. The summed E-state index contributed by atoms with van der Waals surface area (Å²) in [5.74, 6) is 1.20. The Morgan fingerprint density at radius 1 is 1.19 bits per heavy atom. The second kappa shape index (κ2) is 7.09. The Morgan fingerprint density at radius 2 is 1.85 bits per heavy atom. The van der Waals surface area contributed by atoms with Crippen LogP contribution in [0, 0.1) is 5.92 Å². The highest BCUT2D eigenvalue weighted by molar-refractivity contribution is 7.93. The molecule has 3 fully saturated rings. The molecule has 4 rings (SSSR count). The third-order valence-electron chi connectivity index (χ3n) is 6.56. The van der Waals surface area contributed by atoms with E-state index in [0.717, 1.165) is 37.4 Å². The van der Waals surface area contributed by atoms with E-state index in [2.05, 4.69) is 4.90 Å². The lowest BCUT2D eigenvalue weighted by Gasteiger charge is -2.50. The highest BCUT2D eigenvalue weighted by Gasteiger charge is 2.62. The average molecular weight is 393 g/mol. The topological polar surface area (TPSA) is 66.9 Å². The van der Waals surface area contributed by atoms with Gasteiger partial charge in [0.05, 0.1) is 19.3 Å². The molecule has 0 radical (unpaired) electrons. The summed E-state index contributed by atoms with van der Waals surface area (Å²) in [6, 6.07) is 7.45. The molecule has 0 saturated carbocycles. The van der Waals surface area contributed by atoms with Crippen LogP contribution in [0.5, 0.6) is 5.75 Å². The number of sulfone groups is 1. The minimum absolute atomic E-state index is 0.00724. The molecule has 1 atom stereocenters. The molecule has 7 heteroatoms. The molecule has 27 heavy (non-hydrogen) atoms. The van der Waals surface area contributed by atoms with Crippen LogP contribution in [0.3, 0.4) is 0 Å². The number of rotatable bonds is 5. The van der Waals surface area contributed by atoms with Gasteiger partial charge in [0.15, 0.2) is 9.84 Å². The van der Waals surface area contributed by atoms with Gasteiger partial charge in [0.1, 0.15) is 10.5 Å². The van der Waals surface area contributed by atoms with Gasteiger partial charge in [0, 0.05) is 19.6 Å². The second-order valence-corrected chi connectivity index (χ2v) is 10.6. The zero-order valence-corrected chi connectivity index (χ0v) is 16.7. The van der Waals surface area contributed by atoms with Crippen molar-refractivity contribution in [2.45, 2.75) is 30.4 Å². The van der Waals surface area contributed by atoms with Crippen LogP contribution in [0.1, 0.15) is 24.8 Å². The van der Waals surface area contributed by atoms with Gasteiger partial charge in [0.2, 0.25) is 5.91 Å². The van der Waals surface area contributed by atoms with Gasteiger partial charge in [-0.15, -0.1) is 0 Å². The Morgan fingerprint density at radius 3 is 2.48 bits per heavy atom. The van der Waals surface area contributed by atoms with Crippen LogP contribution in [0.15, 0.2) is 24.3 Å². The molecule has 0 bridgehead atoms. The van der Waals surface area contributed by atoms with Gasteiger partial charge in [-0.1, -0.05) is 12.1 Å². The molecule has 1 aromatic carbocycles. The average Bonchev–Trinajstić information content (AvgIpc) is 3.20. The van der Waals surface area contributed by atoms with Crippen LogP contribution in [-0.4, -0.2) is 74.5 Å². The van der Waals surface area contributed by atoms with Gasteiger partial charge in [-0.05, 0) is 56.0 Å². The van der Waals surface area contributed by atoms with Crippen LogP contribution in [0.4, 0.5) is 0 Å². The number of hydrogen-bond donors (Lipinski definition) is 0. The standard InChI is InChI=1S/C20H28N2O4S/c1-26-18-6-4-16(5-7-18)12-19(23)22-14-20(15-22)17(8-11-27(20,24)25)13-21-9-2-3-10-21/h4-7,17H,2-3,8-15H2,1H3. The number of nitrogens with zero attached hydrogens (tertiary/aromatic N) is 2. The lowest BCUT2D eigenvalue weighted by Crippen LogP contribution is -2.69. The molecule has 1 spiro atoms. The largest absolute Gasteiger partial charge is 0.497 e. The fourth-order valence-electron chi connectivity index (χ4n) is 4.81. The molecule has 1 amide bonds. The summed E-state index contributed by atoms with van der Waals surface area (Å²) in [5.41, 5.74) is 0.921. The third kappa shape index (κ3) is 3.36. The van der Waals surface area contributed by atoms with Gasteiger partial charge in [-0.3, -0.25) is 4.79 Å². The molecular weight excluding hydrogens is 364 g/mol. The lowest BCUT2D eigenvalue weighted by molar-refractivity contribution is -0.136. The predicted molar refractivity (Wildman–Crippen MR) is 104 cm³/mol. The third-order valence-corrected chi connectivity index (χ3v) is 9.16. The normalized spacial score (nSPS) is 26.3. The monoisotopic (exact) mass is 392 g/mol. The van der Waals surface area contributed by atoms with Crippen molar-refractivity contribution >= 4 is 15.7 Å². The Labute approximate surface area is 161 Å². The van der Waals surface area contributed by atoms with Crippen molar-refractivity contribution in [3.05, 3.63) is 29.8 Å². The first kappa shape index (κ1) is 18.7. The molecule has 0 N–H and O–H groups in total. The van der Waals surface area contributed by atoms with E-state index in [1.54, 1.807) is 12.0 Å². The minimum atomic E-state index is -3.13. The van der Waals surface area contributed by atoms with E-state index >= 15 is 0 Å². The van der Waals surface area contributed by atoms with Crippen molar-refractivity contribution in [2.24, 2.45) is 5.92 Å². The van der Waals surface area contributed by atoms with Crippen molar-refractivity contribution < 1.29 is 17.9 Å². The Balaban J connectivity index is 1.40. The van der Waals surface area contributed by atoms with E-state index in [-0.39, 0.29) is 17.6 Å². The number of hydrogen-bond acceptors (Lipinski definition) is 5. The van der Waals surface area contributed by atoms with E-state index in [4.69, 9.17) is 4.74 Å². The Hall–Kier alpha value is -1.60. The summed E-state index contributed by atoms with van der Waals surface area (Å²) in [6.07, 6.45) is 3.45. The van der Waals surface area contributed by atoms with Crippen LogP contribution < -0.4 is 4.74 Å². The number of ether oxygens (including phenoxy) is 1. The SMILES string of the molecule is COc1ccc(CC(=O)N2CC3(C2)C(CN2CCCC2)CCS3(=O)=O)cc1. The quantitative estimate of drug-likeness (QED) is 0.757. The van der Waals surface area contributed by atoms with E-state index in [1.807, 2.05) is 24.3 Å². The first-order chi connectivity index (χ1) is 12.9. The smallest absolute Gasteiger partial charge is 0.227 e. The molecule has 148 valence electrons. The maximum Gasteiger partial charge on any atom is 0.227 e. The molecular formula is C20H28N2O4S. The summed E-state index contributed by atoms with van der Waals surface area (Å²) in [6.45, 7) is 3.74. The first-order valence-electron chi connectivity index (χ1n) is 9.79. The summed E-state index contributed by atoms with van der Waals surface area (Å²) in [5, 5.41) is 0. The second-order valence-electron chi connectivity index (χ2n) is 8.15. The Kier molecular flexibility index (Phi) is 4.93. The number of amides is 1. The van der Waals surface area contributed by atoms with Crippen molar-refractivity contribution in [2.75, 3.05) is 45.6 Å². The van der Waals surface area contributed by atoms with Crippen molar-refractivity contribution in [3.63, 3.8) is 0 Å². The summed E-state index contributed by atoms with van der Waals surface area (Å²) in [4.78, 5) is 16.8. The van der Waals surface area contributed by atoms with Gasteiger partial charge < -0.3 is 14.5 Å². The maximum absolute atomic E-state index is 12.8. The number of methoxy groups -OCH3 is 1. The maximum atomic E-state index is 12.8. The number of benzene rings is 1. The van der Waals surface area contributed by atoms with Gasteiger partial charge in [0.25, 0.3) is 0 Å². The summed E-state index contributed by atoms with van der Waals surface area (Å²) in [7, 11) is -1.51.